The molecule has 0 heterocycles. The number of carbonyl (C=O) groups is 1. The summed E-state index contributed by atoms with van der Waals surface area (Å²) in [6, 6.07) is 14.4. The lowest BCUT2D eigenvalue weighted by Crippen LogP contribution is -2.41. The lowest BCUT2D eigenvalue weighted by molar-refractivity contribution is 0.0394. The maximum atomic E-state index is 12.3. The second kappa shape index (κ2) is 9.46. The van der Waals surface area contributed by atoms with Crippen LogP contribution in [0.3, 0.4) is 0 Å². The first kappa shape index (κ1) is 22.5. The molecule has 0 unspecified atom stereocenters. The topological polar surface area (TPSA) is 108 Å². The van der Waals surface area contributed by atoms with Crippen LogP contribution in [0.4, 0.5) is 17.1 Å². The Morgan fingerprint density at radius 3 is 2.52 bits per heavy atom. The van der Waals surface area contributed by atoms with Crippen LogP contribution in [-0.2, 0) is 11.3 Å². The first-order chi connectivity index (χ1) is 15.9. The Labute approximate surface area is 194 Å². The van der Waals surface area contributed by atoms with Gasteiger partial charge < -0.3 is 25.4 Å². The van der Waals surface area contributed by atoms with Gasteiger partial charge in [-0.05, 0) is 37.0 Å². The number of ether oxygens (including phenoxy) is 1. The van der Waals surface area contributed by atoms with E-state index in [1.807, 2.05) is 30.3 Å². The molecule has 8 nitrogen and oxygen atoms in total. The highest BCUT2D eigenvalue weighted by Gasteiger charge is 2.32. The summed E-state index contributed by atoms with van der Waals surface area (Å²) >= 11 is 0. The van der Waals surface area contributed by atoms with E-state index in [1.165, 1.54) is 11.0 Å². The van der Waals surface area contributed by atoms with E-state index < -0.39 is 10.9 Å². The van der Waals surface area contributed by atoms with E-state index in [9.17, 15) is 19.5 Å². The van der Waals surface area contributed by atoms with Crippen molar-refractivity contribution in [1.82, 2.24) is 4.90 Å². The molecular formula is C25H31N3O5. The van der Waals surface area contributed by atoms with Gasteiger partial charge in [0.05, 0.1) is 30.0 Å². The van der Waals surface area contributed by atoms with Crippen LogP contribution in [-0.4, -0.2) is 42.2 Å². The van der Waals surface area contributed by atoms with Crippen LogP contribution in [0.2, 0.25) is 0 Å². The number of hydrogen-bond acceptors (Lipinski definition) is 7. The smallest absolute Gasteiger partial charge is 0.257 e. The van der Waals surface area contributed by atoms with E-state index >= 15 is 0 Å². The molecule has 1 saturated carbocycles. The average molecular weight is 454 g/mol. The molecule has 3 aromatic rings. The molecule has 0 aromatic heterocycles. The standard InChI is InChI=1S/C25H27N3O5.2H2/c1-28(2)25(32)16-10-6-12-18(22(16)29)27-21-20(23(30)24(21)31)26-17-11-7-13-19(17)33-14-15-8-4-3-5-9-15;;/h3-6,8-10,12,17,19,26-27,29H,7,11,13-14H2,1-2H3;2*1H/t17-,19-;;/m0../s1. The third-order valence-corrected chi connectivity index (χ3v) is 5.93. The van der Waals surface area contributed by atoms with Gasteiger partial charge in [-0.2, -0.15) is 0 Å². The first-order valence-corrected chi connectivity index (χ1v) is 10.9. The fourth-order valence-corrected chi connectivity index (χ4v) is 4.09. The van der Waals surface area contributed by atoms with Crippen molar-refractivity contribution in [3.63, 3.8) is 0 Å². The Morgan fingerprint density at radius 1 is 1.06 bits per heavy atom. The number of nitrogens with one attached hydrogen (secondary N) is 2. The van der Waals surface area contributed by atoms with Crippen LogP contribution >= 0.6 is 0 Å². The highest BCUT2D eigenvalue weighted by Crippen LogP contribution is 2.33. The van der Waals surface area contributed by atoms with Crippen molar-refractivity contribution < 1.29 is 17.5 Å². The summed E-state index contributed by atoms with van der Waals surface area (Å²) in [5.74, 6) is -0.649. The summed E-state index contributed by atoms with van der Waals surface area (Å²) < 4.78 is 6.09. The van der Waals surface area contributed by atoms with Gasteiger partial charge in [0.1, 0.15) is 11.4 Å². The van der Waals surface area contributed by atoms with Gasteiger partial charge in [-0.3, -0.25) is 14.4 Å². The number of phenolic OH excluding ortho intramolecular Hbond substituents is 1. The number of rotatable bonds is 8. The molecule has 4 rings (SSSR count). The molecule has 3 aromatic carbocycles. The molecule has 1 fully saturated rings. The van der Waals surface area contributed by atoms with Gasteiger partial charge in [0.2, 0.25) is 0 Å². The summed E-state index contributed by atoms with van der Waals surface area (Å²) in [7, 11) is 3.16. The van der Waals surface area contributed by atoms with E-state index in [0.29, 0.717) is 6.61 Å². The van der Waals surface area contributed by atoms with Crippen molar-refractivity contribution in [3.05, 3.63) is 80.1 Å². The van der Waals surface area contributed by atoms with Gasteiger partial charge in [-0.15, -0.1) is 0 Å². The first-order valence-electron chi connectivity index (χ1n) is 10.9. The Morgan fingerprint density at radius 2 is 1.79 bits per heavy atom. The number of benzene rings is 2. The Balaban J connectivity index is 0.00000216. The lowest BCUT2D eigenvalue weighted by atomic mass is 10.1. The molecule has 1 aliphatic rings. The largest absolute Gasteiger partial charge is 0.505 e. The zero-order chi connectivity index (χ0) is 23.5. The summed E-state index contributed by atoms with van der Waals surface area (Å²) in [6.07, 6.45) is 2.54. The SMILES string of the molecule is CN(C)C(=O)c1cccc(Nc2c(N[C@H]3CCC[C@@H]3OCc3ccccc3)c(=O)c2=O)c1O.[HH].[HH]. The molecule has 1 amide bonds. The summed E-state index contributed by atoms with van der Waals surface area (Å²) in [5.41, 5.74) is 0.349. The van der Waals surface area contributed by atoms with Crippen LogP contribution in [0.25, 0.3) is 0 Å². The summed E-state index contributed by atoms with van der Waals surface area (Å²) in [5, 5.41) is 16.6. The van der Waals surface area contributed by atoms with E-state index in [4.69, 9.17) is 4.74 Å². The number of nitrogens with zero attached hydrogens (tertiary/aromatic N) is 1. The van der Waals surface area contributed by atoms with Gasteiger partial charge in [0.15, 0.2) is 5.75 Å². The van der Waals surface area contributed by atoms with E-state index in [0.717, 1.165) is 24.8 Å². The number of hydrogen-bond donors (Lipinski definition) is 3. The molecule has 2 atom stereocenters. The average Bonchev–Trinajstić information content (AvgIpc) is 3.28. The Kier molecular flexibility index (Phi) is 6.46. The van der Waals surface area contributed by atoms with Crippen molar-refractivity contribution >= 4 is 23.0 Å². The normalized spacial score (nSPS) is 17.8. The van der Waals surface area contributed by atoms with Crippen LogP contribution < -0.4 is 21.5 Å². The number of carbonyl (C=O) groups excluding carboxylic acids is 1. The minimum atomic E-state index is -0.666. The quantitative estimate of drug-likeness (QED) is 0.354. The maximum absolute atomic E-state index is 12.3. The monoisotopic (exact) mass is 453 g/mol. The minimum Gasteiger partial charge on any atom is -0.505 e. The Hall–Kier alpha value is -3.65. The highest BCUT2D eigenvalue weighted by molar-refractivity contribution is 5.99. The summed E-state index contributed by atoms with van der Waals surface area (Å²) in [6.45, 7) is 0.473. The third kappa shape index (κ3) is 4.61. The van der Waals surface area contributed by atoms with Gasteiger partial charge in [0, 0.05) is 16.9 Å². The molecule has 0 bridgehead atoms. The van der Waals surface area contributed by atoms with Crippen molar-refractivity contribution in [2.24, 2.45) is 0 Å². The van der Waals surface area contributed by atoms with E-state index in [1.54, 1.807) is 26.2 Å². The predicted octanol–water partition coefficient (Wildman–Crippen LogP) is 3.48. The van der Waals surface area contributed by atoms with Gasteiger partial charge in [0.25, 0.3) is 16.8 Å². The van der Waals surface area contributed by atoms with Crippen molar-refractivity contribution in [1.29, 1.82) is 0 Å². The second-order valence-electron chi connectivity index (χ2n) is 8.45. The fourth-order valence-electron chi connectivity index (χ4n) is 4.09. The van der Waals surface area contributed by atoms with Gasteiger partial charge >= 0.3 is 0 Å². The van der Waals surface area contributed by atoms with Gasteiger partial charge in [-0.1, -0.05) is 36.4 Å². The molecule has 3 N–H and O–H groups in total. The number of para-hydroxylation sites is 1. The Bertz CT molecular complexity index is 1230. The fraction of sp³-hybridized carbons (Fsp3) is 0.320. The maximum Gasteiger partial charge on any atom is 0.257 e. The minimum absolute atomic E-state index is 0. The van der Waals surface area contributed by atoms with Gasteiger partial charge in [-0.25, -0.2) is 0 Å². The van der Waals surface area contributed by atoms with Crippen molar-refractivity contribution in [2.75, 3.05) is 24.7 Å². The second-order valence-corrected chi connectivity index (χ2v) is 8.45. The number of phenols is 1. The highest BCUT2D eigenvalue weighted by atomic mass is 16.5. The number of amides is 1. The molecule has 33 heavy (non-hydrogen) atoms. The zero-order valence-corrected chi connectivity index (χ0v) is 18.6. The van der Waals surface area contributed by atoms with Crippen LogP contribution in [0.1, 0.15) is 38.0 Å². The predicted molar refractivity (Wildman–Crippen MR) is 131 cm³/mol. The van der Waals surface area contributed by atoms with Crippen molar-refractivity contribution in [3.8, 4) is 5.75 Å². The van der Waals surface area contributed by atoms with E-state index in [2.05, 4.69) is 10.6 Å². The third-order valence-electron chi connectivity index (χ3n) is 5.93. The molecule has 1 aliphatic carbocycles. The van der Waals surface area contributed by atoms with E-state index in [-0.39, 0.29) is 49.3 Å². The number of aromatic hydroxyl groups is 1. The molecule has 176 valence electrons. The molecular weight excluding hydrogens is 422 g/mol. The molecule has 0 spiro atoms. The summed E-state index contributed by atoms with van der Waals surface area (Å²) in [4.78, 5) is 38.2. The molecule has 0 aliphatic heterocycles. The van der Waals surface area contributed by atoms with Crippen molar-refractivity contribution in [2.45, 2.75) is 38.0 Å². The lowest BCUT2D eigenvalue weighted by Gasteiger charge is -2.25. The van der Waals surface area contributed by atoms with Crippen LogP contribution in [0.5, 0.6) is 5.75 Å². The molecule has 8 heteroatoms. The number of anilines is 3. The van der Waals surface area contributed by atoms with Crippen LogP contribution in [0.15, 0.2) is 58.1 Å². The van der Waals surface area contributed by atoms with Crippen LogP contribution in [0, 0.1) is 0 Å². The molecule has 0 saturated heterocycles. The zero-order valence-electron chi connectivity index (χ0n) is 18.6. The molecule has 0 radical (unpaired) electrons.